The number of aryl methyl sites for hydroxylation is 1. The minimum absolute atomic E-state index is 0.475. The Hall–Kier alpha value is -6.44. The first kappa shape index (κ1) is 35.0. The van der Waals surface area contributed by atoms with Gasteiger partial charge in [0.2, 0.25) is 0 Å². The fourth-order valence-corrected chi connectivity index (χ4v) is 9.90. The van der Waals surface area contributed by atoms with E-state index in [4.69, 9.17) is 0 Å². The summed E-state index contributed by atoms with van der Waals surface area (Å²) < 4.78 is 0. The third-order valence-corrected chi connectivity index (χ3v) is 12.6. The van der Waals surface area contributed by atoms with Crippen LogP contribution in [0.25, 0.3) is 33.4 Å². The molecule has 0 aliphatic heterocycles. The molecule has 0 N–H and O–H groups in total. The van der Waals surface area contributed by atoms with E-state index in [2.05, 4.69) is 212 Å². The van der Waals surface area contributed by atoms with Crippen molar-refractivity contribution >= 4 is 17.1 Å². The second kappa shape index (κ2) is 14.9. The topological polar surface area (TPSA) is 3.24 Å². The molecular weight excluding hydrogens is 687 g/mol. The predicted octanol–water partition coefficient (Wildman–Crippen LogP) is 15.2. The van der Waals surface area contributed by atoms with Crippen LogP contribution in [0.5, 0.6) is 0 Å². The van der Waals surface area contributed by atoms with E-state index < -0.39 is 5.41 Å². The summed E-state index contributed by atoms with van der Waals surface area (Å²) in [5.41, 5.74) is 18.5. The third kappa shape index (κ3) is 6.19. The highest BCUT2D eigenvalue weighted by molar-refractivity contribution is 5.90. The van der Waals surface area contributed by atoms with Gasteiger partial charge in [-0.2, -0.15) is 0 Å². The van der Waals surface area contributed by atoms with Gasteiger partial charge in [0.1, 0.15) is 0 Å². The van der Waals surface area contributed by atoms with Crippen molar-refractivity contribution in [2.45, 2.75) is 50.4 Å². The molecule has 0 aromatic heterocycles. The average Bonchev–Trinajstić information content (AvgIpc) is 3.57. The lowest BCUT2D eigenvalue weighted by Crippen LogP contribution is -2.28. The average molecular weight is 734 g/mol. The molecular formula is C56H47N. The van der Waals surface area contributed by atoms with Crippen LogP contribution >= 0.6 is 0 Å². The normalized spacial score (nSPS) is 14.5. The smallest absolute Gasteiger partial charge is 0.0714 e. The molecule has 2 aliphatic rings. The highest BCUT2D eigenvalue weighted by Gasteiger charge is 2.46. The molecule has 0 amide bonds. The largest absolute Gasteiger partial charge is 0.310 e. The van der Waals surface area contributed by atoms with Crippen LogP contribution in [-0.4, -0.2) is 0 Å². The van der Waals surface area contributed by atoms with E-state index in [9.17, 15) is 0 Å². The van der Waals surface area contributed by atoms with E-state index in [0.717, 1.165) is 11.4 Å². The molecule has 1 saturated carbocycles. The van der Waals surface area contributed by atoms with Crippen LogP contribution in [0, 0.1) is 6.92 Å². The van der Waals surface area contributed by atoms with Gasteiger partial charge < -0.3 is 4.90 Å². The Labute approximate surface area is 337 Å². The van der Waals surface area contributed by atoms with Crippen LogP contribution in [0.1, 0.15) is 71.4 Å². The molecule has 0 spiro atoms. The summed E-state index contributed by atoms with van der Waals surface area (Å²) >= 11 is 0. The zero-order valence-corrected chi connectivity index (χ0v) is 32.6. The van der Waals surface area contributed by atoms with Crippen molar-refractivity contribution in [3.8, 4) is 33.4 Å². The fourth-order valence-electron chi connectivity index (χ4n) is 9.90. The maximum Gasteiger partial charge on any atom is 0.0714 e. The molecule has 1 fully saturated rings. The Bertz CT molecular complexity index is 2600. The first-order valence-corrected chi connectivity index (χ1v) is 20.7. The van der Waals surface area contributed by atoms with Gasteiger partial charge in [-0.3, -0.25) is 0 Å². The van der Waals surface area contributed by atoms with Crippen LogP contribution in [-0.2, 0) is 5.41 Å². The van der Waals surface area contributed by atoms with Crippen LogP contribution in [0.4, 0.5) is 17.1 Å². The molecule has 1 heteroatoms. The van der Waals surface area contributed by atoms with Gasteiger partial charge in [-0.25, -0.2) is 0 Å². The maximum absolute atomic E-state index is 2.48. The second-order valence-corrected chi connectivity index (χ2v) is 16.0. The van der Waals surface area contributed by atoms with Gasteiger partial charge in [0.15, 0.2) is 0 Å². The molecule has 8 aromatic rings. The first-order valence-electron chi connectivity index (χ1n) is 20.7. The van der Waals surface area contributed by atoms with Crippen molar-refractivity contribution in [1.82, 2.24) is 0 Å². The Morgan fingerprint density at radius 3 is 1.47 bits per heavy atom. The Balaban J connectivity index is 1.15. The minimum Gasteiger partial charge on any atom is -0.310 e. The van der Waals surface area contributed by atoms with Gasteiger partial charge in [0, 0.05) is 17.1 Å². The van der Waals surface area contributed by atoms with Crippen molar-refractivity contribution in [2.75, 3.05) is 4.90 Å². The number of fused-ring (bicyclic) bond motifs is 3. The van der Waals surface area contributed by atoms with Crippen LogP contribution in [0.2, 0.25) is 0 Å². The predicted molar refractivity (Wildman–Crippen MR) is 240 cm³/mol. The van der Waals surface area contributed by atoms with Crippen molar-refractivity contribution in [1.29, 1.82) is 0 Å². The molecule has 0 heterocycles. The molecule has 8 aromatic carbocycles. The summed E-state index contributed by atoms with van der Waals surface area (Å²) in [6.07, 6.45) is 6.62. The fraction of sp³-hybridized carbons (Fsp3) is 0.143. The Morgan fingerprint density at radius 2 is 0.877 bits per heavy atom. The Morgan fingerprint density at radius 1 is 0.404 bits per heavy atom. The minimum atomic E-state index is -0.475. The van der Waals surface area contributed by atoms with E-state index in [1.807, 2.05) is 0 Å². The van der Waals surface area contributed by atoms with E-state index in [1.54, 1.807) is 0 Å². The summed E-state index contributed by atoms with van der Waals surface area (Å²) in [5, 5.41) is 0. The zero-order chi connectivity index (χ0) is 38.2. The summed E-state index contributed by atoms with van der Waals surface area (Å²) in [4.78, 5) is 2.47. The standard InChI is InChI=1S/C56H47N/c1-40-26-36-52-53-37-35-49(39-55(53)56(54(52)38-40,45-20-10-4-11-21-45)46-22-12-5-13-23-46)57(47-31-27-42(28-32-47)41-16-6-2-7-17-41)48-33-29-44(30-34-48)51-25-15-14-24-50(51)43-18-8-3-9-19-43/h3-5,8-15,18-39,41H,2,6-7,16-17H2,1H3. The Kier molecular flexibility index (Phi) is 9.15. The SMILES string of the molecule is Cc1ccc2c(c1)C(c1ccccc1)(c1ccccc1)c1cc(N(c3ccc(-c4ccccc4-c4ccccc4)cc3)c3ccc(C4CCCCC4)cc3)ccc1-2. The molecule has 0 bridgehead atoms. The number of anilines is 3. The van der Waals surface area contributed by atoms with Crippen LogP contribution in [0.3, 0.4) is 0 Å². The molecule has 276 valence electrons. The highest BCUT2D eigenvalue weighted by atomic mass is 15.1. The van der Waals surface area contributed by atoms with E-state index in [-0.39, 0.29) is 0 Å². The van der Waals surface area contributed by atoms with Crippen LogP contribution in [0.15, 0.2) is 200 Å². The summed E-state index contributed by atoms with van der Waals surface area (Å²) in [6, 6.07) is 74.7. The van der Waals surface area contributed by atoms with Crippen molar-refractivity contribution in [3.63, 3.8) is 0 Å². The lowest BCUT2D eigenvalue weighted by atomic mass is 9.67. The van der Waals surface area contributed by atoms with Gasteiger partial charge in [-0.1, -0.05) is 189 Å². The number of benzene rings is 8. The molecule has 57 heavy (non-hydrogen) atoms. The van der Waals surface area contributed by atoms with Gasteiger partial charge in [0.25, 0.3) is 0 Å². The third-order valence-electron chi connectivity index (χ3n) is 12.6. The lowest BCUT2D eigenvalue weighted by molar-refractivity contribution is 0.443. The van der Waals surface area contributed by atoms with E-state index >= 15 is 0 Å². The molecule has 1 nitrogen and oxygen atoms in total. The number of nitrogens with zero attached hydrogens (tertiary/aromatic N) is 1. The van der Waals surface area contributed by atoms with Gasteiger partial charge in [-0.15, -0.1) is 0 Å². The molecule has 0 atom stereocenters. The number of hydrogen-bond donors (Lipinski definition) is 0. The van der Waals surface area contributed by atoms with Gasteiger partial charge in [-0.05, 0) is 123 Å². The second-order valence-electron chi connectivity index (χ2n) is 16.0. The first-order chi connectivity index (χ1) is 28.2. The molecule has 0 radical (unpaired) electrons. The summed E-state index contributed by atoms with van der Waals surface area (Å²) in [7, 11) is 0. The van der Waals surface area contributed by atoms with E-state index in [1.165, 1.54) is 105 Å². The van der Waals surface area contributed by atoms with Crippen LogP contribution < -0.4 is 4.90 Å². The van der Waals surface area contributed by atoms with Gasteiger partial charge in [0.05, 0.1) is 5.41 Å². The highest BCUT2D eigenvalue weighted by Crippen LogP contribution is 2.57. The number of hydrogen-bond acceptors (Lipinski definition) is 1. The van der Waals surface area contributed by atoms with E-state index in [0.29, 0.717) is 5.92 Å². The van der Waals surface area contributed by atoms with Crippen molar-refractivity contribution in [3.05, 3.63) is 234 Å². The molecule has 0 unspecified atom stereocenters. The zero-order valence-electron chi connectivity index (χ0n) is 32.6. The summed E-state index contributed by atoms with van der Waals surface area (Å²) in [5.74, 6) is 0.657. The lowest BCUT2D eigenvalue weighted by Gasteiger charge is -2.35. The quantitative estimate of drug-likeness (QED) is 0.150. The van der Waals surface area contributed by atoms with Crippen molar-refractivity contribution < 1.29 is 0 Å². The number of rotatable bonds is 8. The maximum atomic E-state index is 2.48. The monoisotopic (exact) mass is 733 g/mol. The van der Waals surface area contributed by atoms with Crippen molar-refractivity contribution in [2.24, 2.45) is 0 Å². The molecule has 10 rings (SSSR count). The molecule has 0 saturated heterocycles. The molecule has 2 aliphatic carbocycles. The van der Waals surface area contributed by atoms with Gasteiger partial charge >= 0.3 is 0 Å². The summed E-state index contributed by atoms with van der Waals surface area (Å²) in [6.45, 7) is 2.22.